The van der Waals surface area contributed by atoms with E-state index in [-0.39, 0.29) is 11.5 Å². The van der Waals surface area contributed by atoms with Crippen LogP contribution in [0.15, 0.2) is 53.5 Å². The van der Waals surface area contributed by atoms with Crippen LogP contribution in [0.25, 0.3) is 0 Å². The van der Waals surface area contributed by atoms with Crippen LogP contribution in [0.1, 0.15) is 25.0 Å². The molecule has 7 heteroatoms. The van der Waals surface area contributed by atoms with Gasteiger partial charge in [0, 0.05) is 24.4 Å². The van der Waals surface area contributed by atoms with Crippen molar-refractivity contribution in [3.05, 3.63) is 59.7 Å². The number of benzene rings is 2. The lowest BCUT2D eigenvalue weighted by molar-refractivity contribution is 0.476. The first-order valence-corrected chi connectivity index (χ1v) is 11.3. The number of guanidine groups is 1. The van der Waals surface area contributed by atoms with Crippen molar-refractivity contribution in [2.45, 2.75) is 27.3 Å². The van der Waals surface area contributed by atoms with E-state index >= 15 is 0 Å². The molecule has 2 aromatic rings. The molecule has 0 saturated carbocycles. The summed E-state index contributed by atoms with van der Waals surface area (Å²) >= 11 is 0. The summed E-state index contributed by atoms with van der Waals surface area (Å²) in [5, 5.41) is 6.22. The Morgan fingerprint density at radius 3 is 2.50 bits per heavy atom. The number of para-hydroxylation sites is 1. The molecular weight excluding hydrogens is 374 g/mol. The number of hydrogen-bond donors (Lipinski definition) is 2. The van der Waals surface area contributed by atoms with E-state index in [1.54, 1.807) is 6.92 Å². The molecule has 0 aliphatic rings. The lowest BCUT2D eigenvalue weighted by Crippen LogP contribution is -2.39. The normalized spacial score (nSPS) is 11.9. The quantitative estimate of drug-likeness (QED) is 0.496. The summed E-state index contributed by atoms with van der Waals surface area (Å²) in [6.45, 7) is 7.07. The number of ether oxygens (including phenoxy) is 1. The largest absolute Gasteiger partial charge is 0.457 e. The summed E-state index contributed by atoms with van der Waals surface area (Å²) in [4.78, 5) is 4.58. The molecule has 0 heterocycles. The summed E-state index contributed by atoms with van der Waals surface area (Å²) in [5.74, 6) is 2.35. The van der Waals surface area contributed by atoms with Crippen LogP contribution in [0, 0.1) is 6.92 Å². The van der Waals surface area contributed by atoms with E-state index in [1.165, 1.54) is 0 Å². The predicted molar refractivity (Wildman–Crippen MR) is 115 cm³/mol. The Morgan fingerprint density at radius 2 is 1.82 bits per heavy atom. The van der Waals surface area contributed by atoms with Gasteiger partial charge in [0.15, 0.2) is 15.8 Å². The van der Waals surface area contributed by atoms with Crippen molar-refractivity contribution in [3.63, 3.8) is 0 Å². The number of sulfone groups is 1. The van der Waals surface area contributed by atoms with Crippen molar-refractivity contribution in [2.24, 2.45) is 4.99 Å². The highest BCUT2D eigenvalue weighted by Crippen LogP contribution is 2.27. The average molecular weight is 404 g/mol. The molecule has 152 valence electrons. The van der Waals surface area contributed by atoms with Crippen LogP contribution in [0.5, 0.6) is 11.5 Å². The molecule has 6 nitrogen and oxygen atoms in total. The summed E-state index contributed by atoms with van der Waals surface area (Å²) in [7, 11) is -3.01. The van der Waals surface area contributed by atoms with Crippen LogP contribution in [-0.2, 0) is 16.4 Å². The van der Waals surface area contributed by atoms with E-state index in [4.69, 9.17) is 4.74 Å². The summed E-state index contributed by atoms with van der Waals surface area (Å²) in [6, 6.07) is 15.7. The van der Waals surface area contributed by atoms with E-state index in [1.807, 2.05) is 62.4 Å². The van der Waals surface area contributed by atoms with Crippen LogP contribution < -0.4 is 15.4 Å². The van der Waals surface area contributed by atoms with Crippen molar-refractivity contribution in [3.8, 4) is 11.5 Å². The summed E-state index contributed by atoms with van der Waals surface area (Å²) < 4.78 is 29.3. The minimum absolute atomic E-state index is 0.0841. The van der Waals surface area contributed by atoms with E-state index in [0.717, 1.165) is 22.6 Å². The Kier molecular flexibility index (Phi) is 8.32. The van der Waals surface area contributed by atoms with Crippen LogP contribution >= 0.6 is 0 Å². The van der Waals surface area contributed by atoms with Gasteiger partial charge in [0.2, 0.25) is 0 Å². The first-order valence-electron chi connectivity index (χ1n) is 9.48. The first-order chi connectivity index (χ1) is 13.4. The van der Waals surface area contributed by atoms with Gasteiger partial charge in [0.05, 0.1) is 12.3 Å². The standard InChI is InChI=1S/C21H29N3O3S/c1-4-22-21(23-13-14-28(25,26)5-2)24-16-18-12-11-17(3)15-20(18)27-19-9-7-6-8-10-19/h6-12,15H,4-5,13-14,16H2,1-3H3,(H2,22,23,24). The lowest BCUT2D eigenvalue weighted by atomic mass is 10.1. The fourth-order valence-corrected chi connectivity index (χ4v) is 3.18. The minimum atomic E-state index is -3.01. The van der Waals surface area contributed by atoms with Gasteiger partial charge >= 0.3 is 0 Å². The van der Waals surface area contributed by atoms with Gasteiger partial charge in [0.1, 0.15) is 11.5 Å². The molecule has 0 aliphatic heterocycles. The van der Waals surface area contributed by atoms with Crippen molar-refractivity contribution in [2.75, 3.05) is 24.6 Å². The smallest absolute Gasteiger partial charge is 0.191 e. The van der Waals surface area contributed by atoms with Gasteiger partial charge in [-0.2, -0.15) is 0 Å². The maximum atomic E-state index is 11.7. The van der Waals surface area contributed by atoms with Crippen LogP contribution in [0.4, 0.5) is 0 Å². The number of hydrogen-bond acceptors (Lipinski definition) is 4. The third-order valence-corrected chi connectivity index (χ3v) is 5.80. The minimum Gasteiger partial charge on any atom is -0.457 e. The molecule has 0 spiro atoms. The molecule has 0 fully saturated rings. The Labute approximate surface area is 168 Å². The zero-order chi connectivity index (χ0) is 20.4. The number of nitrogens with one attached hydrogen (secondary N) is 2. The molecule has 28 heavy (non-hydrogen) atoms. The zero-order valence-electron chi connectivity index (χ0n) is 16.7. The van der Waals surface area contributed by atoms with E-state index in [9.17, 15) is 8.42 Å². The van der Waals surface area contributed by atoms with Gasteiger partial charge in [0.25, 0.3) is 0 Å². The topological polar surface area (TPSA) is 79.8 Å². The molecule has 2 aromatic carbocycles. The predicted octanol–water partition coefficient (Wildman–Crippen LogP) is 3.28. The molecule has 0 radical (unpaired) electrons. The second-order valence-corrected chi connectivity index (χ2v) is 8.86. The van der Waals surface area contributed by atoms with Gasteiger partial charge < -0.3 is 15.4 Å². The average Bonchev–Trinajstić information content (AvgIpc) is 2.68. The molecule has 0 saturated heterocycles. The molecule has 0 amide bonds. The molecular formula is C21H29N3O3S. The number of aryl methyl sites for hydroxylation is 1. The highest BCUT2D eigenvalue weighted by atomic mass is 32.2. The second kappa shape index (κ2) is 10.7. The molecule has 0 aromatic heterocycles. The van der Waals surface area contributed by atoms with Gasteiger partial charge in [-0.25, -0.2) is 13.4 Å². The Hall–Kier alpha value is -2.54. The molecule has 0 atom stereocenters. The van der Waals surface area contributed by atoms with E-state index < -0.39 is 9.84 Å². The molecule has 0 aliphatic carbocycles. The fraction of sp³-hybridized carbons (Fsp3) is 0.381. The Morgan fingerprint density at radius 1 is 1.07 bits per heavy atom. The van der Waals surface area contributed by atoms with Crippen molar-refractivity contribution < 1.29 is 13.2 Å². The fourth-order valence-electron chi connectivity index (χ4n) is 2.48. The third kappa shape index (κ3) is 7.23. The van der Waals surface area contributed by atoms with Crippen molar-refractivity contribution in [1.29, 1.82) is 0 Å². The van der Waals surface area contributed by atoms with Crippen LogP contribution in [0.2, 0.25) is 0 Å². The maximum absolute atomic E-state index is 11.7. The molecule has 2 N–H and O–H groups in total. The van der Waals surface area contributed by atoms with E-state index in [0.29, 0.717) is 25.6 Å². The highest BCUT2D eigenvalue weighted by Gasteiger charge is 2.09. The number of aliphatic imine (C=N–C) groups is 1. The second-order valence-electron chi connectivity index (χ2n) is 6.38. The highest BCUT2D eigenvalue weighted by molar-refractivity contribution is 7.91. The number of nitrogens with zero attached hydrogens (tertiary/aromatic N) is 1. The summed E-state index contributed by atoms with van der Waals surface area (Å²) in [5.41, 5.74) is 2.06. The van der Waals surface area contributed by atoms with Crippen molar-refractivity contribution in [1.82, 2.24) is 10.6 Å². The Balaban J connectivity index is 2.10. The SMILES string of the molecule is CCNC(=NCc1ccc(C)cc1Oc1ccccc1)NCCS(=O)(=O)CC. The van der Waals surface area contributed by atoms with E-state index in [2.05, 4.69) is 15.6 Å². The third-order valence-electron chi connectivity index (χ3n) is 4.09. The molecule has 0 unspecified atom stereocenters. The molecule has 0 bridgehead atoms. The maximum Gasteiger partial charge on any atom is 0.191 e. The Bertz CT molecular complexity index is 881. The van der Waals surface area contributed by atoms with Gasteiger partial charge in [-0.05, 0) is 37.6 Å². The van der Waals surface area contributed by atoms with Crippen molar-refractivity contribution >= 4 is 15.8 Å². The van der Waals surface area contributed by atoms with Gasteiger partial charge in [-0.15, -0.1) is 0 Å². The first kappa shape index (κ1) is 21.8. The molecule has 2 rings (SSSR count). The summed E-state index contributed by atoms with van der Waals surface area (Å²) in [6.07, 6.45) is 0. The zero-order valence-corrected chi connectivity index (χ0v) is 17.6. The van der Waals surface area contributed by atoms with Gasteiger partial charge in [-0.3, -0.25) is 0 Å². The van der Waals surface area contributed by atoms with Crippen LogP contribution in [0.3, 0.4) is 0 Å². The lowest BCUT2D eigenvalue weighted by Gasteiger charge is -2.13. The number of rotatable bonds is 9. The van der Waals surface area contributed by atoms with Crippen LogP contribution in [-0.4, -0.2) is 39.0 Å². The monoisotopic (exact) mass is 403 g/mol. The van der Waals surface area contributed by atoms with Gasteiger partial charge in [-0.1, -0.05) is 37.3 Å².